The van der Waals surface area contributed by atoms with E-state index in [4.69, 9.17) is 9.72 Å². The number of imidazole rings is 1. The van der Waals surface area contributed by atoms with Crippen LogP contribution >= 0.6 is 0 Å². The van der Waals surface area contributed by atoms with Crippen LogP contribution in [0.2, 0.25) is 0 Å². The van der Waals surface area contributed by atoms with Crippen LogP contribution in [0.1, 0.15) is 20.3 Å². The molecule has 0 radical (unpaired) electrons. The van der Waals surface area contributed by atoms with E-state index in [1.807, 2.05) is 0 Å². The van der Waals surface area contributed by atoms with E-state index in [0.29, 0.717) is 6.04 Å². The van der Waals surface area contributed by atoms with E-state index >= 15 is 0 Å². The SMILES string of the molecule is CC(C)N1CN(CCCN2CCOCC2)c2nc3ccccc3n2C1. The van der Waals surface area contributed by atoms with Gasteiger partial charge in [0, 0.05) is 32.2 Å². The van der Waals surface area contributed by atoms with Gasteiger partial charge < -0.3 is 9.64 Å². The summed E-state index contributed by atoms with van der Waals surface area (Å²) >= 11 is 0. The van der Waals surface area contributed by atoms with E-state index in [0.717, 1.165) is 70.6 Å². The maximum absolute atomic E-state index is 5.44. The van der Waals surface area contributed by atoms with Crippen LogP contribution in [0, 0.1) is 0 Å². The Kier molecular flexibility index (Phi) is 4.92. The molecular formula is C19H29N5O. The number of ether oxygens (including phenoxy) is 1. The highest BCUT2D eigenvalue weighted by atomic mass is 16.5. The highest BCUT2D eigenvalue weighted by molar-refractivity contribution is 5.79. The maximum atomic E-state index is 5.44. The van der Waals surface area contributed by atoms with E-state index in [1.165, 1.54) is 5.52 Å². The van der Waals surface area contributed by atoms with E-state index < -0.39 is 0 Å². The third kappa shape index (κ3) is 3.52. The van der Waals surface area contributed by atoms with Crippen molar-refractivity contribution in [3.8, 4) is 0 Å². The molecule has 0 saturated carbocycles. The lowest BCUT2D eigenvalue weighted by molar-refractivity contribution is 0.0374. The number of rotatable bonds is 5. The van der Waals surface area contributed by atoms with Crippen molar-refractivity contribution >= 4 is 17.0 Å². The van der Waals surface area contributed by atoms with Crippen molar-refractivity contribution in [3.05, 3.63) is 24.3 Å². The van der Waals surface area contributed by atoms with Crippen molar-refractivity contribution in [3.63, 3.8) is 0 Å². The smallest absolute Gasteiger partial charge is 0.208 e. The van der Waals surface area contributed by atoms with Crippen LogP contribution in [0.3, 0.4) is 0 Å². The van der Waals surface area contributed by atoms with Crippen molar-refractivity contribution < 1.29 is 4.74 Å². The number of nitrogens with zero attached hydrogens (tertiary/aromatic N) is 5. The Labute approximate surface area is 150 Å². The summed E-state index contributed by atoms with van der Waals surface area (Å²) in [6.07, 6.45) is 1.16. The van der Waals surface area contributed by atoms with Gasteiger partial charge in [-0.2, -0.15) is 0 Å². The van der Waals surface area contributed by atoms with Gasteiger partial charge in [0.1, 0.15) is 0 Å². The molecule has 4 rings (SSSR count). The zero-order chi connectivity index (χ0) is 17.2. The Morgan fingerprint density at radius 2 is 1.88 bits per heavy atom. The zero-order valence-corrected chi connectivity index (χ0v) is 15.4. The minimum atomic E-state index is 0.524. The zero-order valence-electron chi connectivity index (χ0n) is 15.4. The van der Waals surface area contributed by atoms with Gasteiger partial charge in [-0.15, -0.1) is 0 Å². The summed E-state index contributed by atoms with van der Waals surface area (Å²) in [6, 6.07) is 9.00. The molecule has 0 N–H and O–H groups in total. The number of hydrogen-bond donors (Lipinski definition) is 0. The van der Waals surface area contributed by atoms with Crippen molar-refractivity contribution in [2.24, 2.45) is 0 Å². The average Bonchev–Trinajstić information content (AvgIpc) is 3.01. The first-order chi connectivity index (χ1) is 12.2. The van der Waals surface area contributed by atoms with Crippen LogP contribution in [0.15, 0.2) is 24.3 Å². The normalized spacial score (nSPS) is 19.7. The molecule has 0 aliphatic carbocycles. The summed E-state index contributed by atoms with van der Waals surface area (Å²) in [4.78, 5) is 12.4. The molecule has 0 atom stereocenters. The predicted molar refractivity (Wildman–Crippen MR) is 101 cm³/mol. The third-order valence-corrected chi connectivity index (χ3v) is 5.33. The van der Waals surface area contributed by atoms with Gasteiger partial charge in [0.05, 0.1) is 37.6 Å². The Balaban J connectivity index is 1.50. The summed E-state index contributed by atoms with van der Waals surface area (Å²) in [7, 11) is 0. The fourth-order valence-corrected chi connectivity index (χ4v) is 3.76. The van der Waals surface area contributed by atoms with Crippen LogP contribution in [-0.4, -0.2) is 71.5 Å². The molecule has 2 aliphatic rings. The van der Waals surface area contributed by atoms with Gasteiger partial charge >= 0.3 is 0 Å². The van der Waals surface area contributed by atoms with Gasteiger partial charge in [-0.05, 0) is 32.4 Å². The molecule has 1 fully saturated rings. The van der Waals surface area contributed by atoms with E-state index in [1.54, 1.807) is 0 Å². The number of fused-ring (bicyclic) bond motifs is 3. The second-order valence-electron chi connectivity index (χ2n) is 7.36. The first-order valence-corrected chi connectivity index (χ1v) is 9.47. The minimum Gasteiger partial charge on any atom is -0.379 e. The van der Waals surface area contributed by atoms with Crippen molar-refractivity contribution in [1.29, 1.82) is 0 Å². The molecule has 6 heteroatoms. The number of para-hydroxylation sites is 2. The van der Waals surface area contributed by atoms with Gasteiger partial charge in [0.15, 0.2) is 0 Å². The van der Waals surface area contributed by atoms with E-state index in [-0.39, 0.29) is 0 Å². The molecule has 6 nitrogen and oxygen atoms in total. The molecular weight excluding hydrogens is 314 g/mol. The second-order valence-corrected chi connectivity index (χ2v) is 7.36. The number of benzene rings is 1. The molecule has 3 heterocycles. The predicted octanol–water partition coefficient (Wildman–Crippen LogP) is 2.20. The molecule has 1 aromatic heterocycles. The fourth-order valence-electron chi connectivity index (χ4n) is 3.76. The minimum absolute atomic E-state index is 0.524. The third-order valence-electron chi connectivity index (χ3n) is 5.33. The van der Waals surface area contributed by atoms with Gasteiger partial charge in [-0.3, -0.25) is 14.4 Å². The fraction of sp³-hybridized carbons (Fsp3) is 0.632. The Hall–Kier alpha value is -1.63. The quantitative estimate of drug-likeness (QED) is 0.832. The molecule has 136 valence electrons. The first kappa shape index (κ1) is 16.8. The monoisotopic (exact) mass is 343 g/mol. The summed E-state index contributed by atoms with van der Waals surface area (Å²) in [5, 5.41) is 0. The van der Waals surface area contributed by atoms with Crippen LogP contribution < -0.4 is 4.90 Å². The lowest BCUT2D eigenvalue weighted by Gasteiger charge is -2.39. The summed E-state index contributed by atoms with van der Waals surface area (Å²) in [5.74, 6) is 1.13. The molecule has 25 heavy (non-hydrogen) atoms. The van der Waals surface area contributed by atoms with Crippen molar-refractivity contribution in [2.75, 3.05) is 51.0 Å². The van der Waals surface area contributed by atoms with Crippen LogP contribution in [0.5, 0.6) is 0 Å². The Bertz CT molecular complexity index is 707. The largest absolute Gasteiger partial charge is 0.379 e. The van der Waals surface area contributed by atoms with E-state index in [9.17, 15) is 0 Å². The molecule has 0 unspecified atom stereocenters. The van der Waals surface area contributed by atoms with Crippen LogP contribution in [-0.2, 0) is 11.4 Å². The van der Waals surface area contributed by atoms with Gasteiger partial charge in [0.2, 0.25) is 5.95 Å². The molecule has 0 bridgehead atoms. The lowest BCUT2D eigenvalue weighted by Crippen LogP contribution is -2.48. The van der Waals surface area contributed by atoms with Crippen molar-refractivity contribution in [2.45, 2.75) is 33.0 Å². The average molecular weight is 343 g/mol. The number of morpholine rings is 1. The molecule has 2 aliphatic heterocycles. The van der Waals surface area contributed by atoms with Crippen molar-refractivity contribution in [1.82, 2.24) is 19.4 Å². The highest BCUT2D eigenvalue weighted by Crippen LogP contribution is 2.27. The molecule has 2 aromatic rings. The van der Waals surface area contributed by atoms with Gasteiger partial charge in [-0.1, -0.05) is 12.1 Å². The molecule has 0 spiro atoms. The Morgan fingerprint density at radius 3 is 2.68 bits per heavy atom. The number of hydrogen-bond acceptors (Lipinski definition) is 5. The second kappa shape index (κ2) is 7.32. The summed E-state index contributed by atoms with van der Waals surface area (Å²) < 4.78 is 7.81. The molecule has 1 aromatic carbocycles. The summed E-state index contributed by atoms with van der Waals surface area (Å²) in [5.41, 5.74) is 2.34. The maximum Gasteiger partial charge on any atom is 0.208 e. The lowest BCUT2D eigenvalue weighted by atomic mass is 10.3. The first-order valence-electron chi connectivity index (χ1n) is 9.47. The van der Waals surface area contributed by atoms with E-state index in [2.05, 4.69) is 57.4 Å². The van der Waals surface area contributed by atoms with Gasteiger partial charge in [0.25, 0.3) is 0 Å². The highest BCUT2D eigenvalue weighted by Gasteiger charge is 2.27. The standard InChI is InChI=1S/C19H29N5O/c1-16(2)23-14-22(9-5-8-21-10-12-25-13-11-21)19-20-17-6-3-4-7-18(17)24(19)15-23/h3-4,6-7,16H,5,8-15H2,1-2H3. The molecule has 0 amide bonds. The Morgan fingerprint density at radius 1 is 1.08 bits per heavy atom. The number of aromatic nitrogens is 2. The van der Waals surface area contributed by atoms with Crippen LogP contribution in [0.4, 0.5) is 5.95 Å². The summed E-state index contributed by atoms with van der Waals surface area (Å²) in [6.45, 7) is 12.5. The number of anilines is 1. The van der Waals surface area contributed by atoms with Crippen LogP contribution in [0.25, 0.3) is 11.0 Å². The molecule has 1 saturated heterocycles. The van der Waals surface area contributed by atoms with Gasteiger partial charge in [-0.25, -0.2) is 4.98 Å². The topological polar surface area (TPSA) is 36.8 Å².